The molecule has 0 spiro atoms. The average Bonchev–Trinajstić information content (AvgIpc) is 3.08. The number of fused-ring (bicyclic) bond motifs is 1. The molecule has 0 atom stereocenters. The van der Waals surface area contributed by atoms with E-state index in [0.29, 0.717) is 22.8 Å². The summed E-state index contributed by atoms with van der Waals surface area (Å²) in [5.41, 5.74) is 5.28. The van der Waals surface area contributed by atoms with Crippen LogP contribution in [-0.2, 0) is 20.6 Å². The number of nitrogens with one attached hydrogen (secondary N) is 1. The topological polar surface area (TPSA) is 99.1 Å². The van der Waals surface area contributed by atoms with Crippen LogP contribution >= 0.6 is 0 Å². The van der Waals surface area contributed by atoms with E-state index in [1.54, 1.807) is 31.1 Å². The molecule has 30 heavy (non-hydrogen) atoms. The Morgan fingerprint density at radius 3 is 2.53 bits per heavy atom. The van der Waals surface area contributed by atoms with Crippen molar-refractivity contribution in [3.8, 4) is 0 Å². The number of anilines is 1. The minimum atomic E-state index is -0.422. The van der Waals surface area contributed by atoms with Gasteiger partial charge in [-0.2, -0.15) is 10.1 Å². The van der Waals surface area contributed by atoms with Crippen LogP contribution in [0.15, 0.2) is 63.4 Å². The fraction of sp³-hybridized carbons (Fsp3) is 0.190. The predicted octanol–water partition coefficient (Wildman–Crippen LogP) is 1.63. The molecule has 152 valence electrons. The van der Waals surface area contributed by atoms with E-state index in [9.17, 15) is 9.59 Å². The molecule has 0 unspecified atom stereocenters. The van der Waals surface area contributed by atoms with E-state index >= 15 is 0 Å². The molecule has 0 saturated heterocycles. The van der Waals surface area contributed by atoms with E-state index in [-0.39, 0.29) is 6.54 Å². The summed E-state index contributed by atoms with van der Waals surface area (Å²) in [5, 5.41) is 4.13. The van der Waals surface area contributed by atoms with Gasteiger partial charge in [-0.15, -0.1) is 0 Å². The molecule has 0 radical (unpaired) electrons. The average molecular weight is 403 g/mol. The minimum Gasteiger partial charge on any atom is -0.306 e. The van der Waals surface area contributed by atoms with Gasteiger partial charge in [-0.05, 0) is 24.6 Å². The molecule has 9 heteroatoms. The van der Waals surface area contributed by atoms with Crippen molar-refractivity contribution in [2.45, 2.75) is 13.5 Å². The van der Waals surface area contributed by atoms with Gasteiger partial charge < -0.3 is 4.57 Å². The first kappa shape index (κ1) is 19.3. The first-order valence-corrected chi connectivity index (χ1v) is 9.37. The number of benzene rings is 1. The van der Waals surface area contributed by atoms with Crippen LogP contribution in [-0.4, -0.2) is 29.9 Å². The molecule has 9 nitrogen and oxygen atoms in total. The van der Waals surface area contributed by atoms with Gasteiger partial charge in [-0.3, -0.25) is 18.9 Å². The van der Waals surface area contributed by atoms with Crippen molar-refractivity contribution in [3.63, 3.8) is 0 Å². The molecule has 4 aromatic rings. The van der Waals surface area contributed by atoms with Crippen molar-refractivity contribution < 1.29 is 0 Å². The zero-order valence-corrected chi connectivity index (χ0v) is 16.9. The fourth-order valence-electron chi connectivity index (χ4n) is 3.17. The summed E-state index contributed by atoms with van der Waals surface area (Å²) in [6, 6.07) is 13.2. The second-order valence-corrected chi connectivity index (χ2v) is 7.01. The summed E-state index contributed by atoms with van der Waals surface area (Å²) in [6.45, 7) is 2.18. The van der Waals surface area contributed by atoms with Crippen molar-refractivity contribution in [1.29, 1.82) is 0 Å². The molecule has 0 bridgehead atoms. The molecule has 1 N–H and O–H groups in total. The summed E-state index contributed by atoms with van der Waals surface area (Å²) in [4.78, 5) is 34.5. The maximum Gasteiger partial charge on any atom is 0.332 e. The number of hydrogen-bond acceptors (Lipinski definition) is 6. The molecule has 0 aliphatic heterocycles. The van der Waals surface area contributed by atoms with Crippen LogP contribution in [0.1, 0.15) is 16.8 Å². The van der Waals surface area contributed by atoms with Gasteiger partial charge in [0, 0.05) is 20.3 Å². The maximum absolute atomic E-state index is 13.1. The summed E-state index contributed by atoms with van der Waals surface area (Å²) in [5.74, 6) is 0.345. The Labute approximate surface area is 172 Å². The number of hydrogen-bond donors (Lipinski definition) is 1. The molecule has 0 amide bonds. The largest absolute Gasteiger partial charge is 0.332 e. The highest BCUT2D eigenvalue weighted by molar-refractivity contribution is 5.78. The SMILES string of the molecule is Cc1ccc(Cn2c(=O)c3c(nc(NN=Cc4ccccn4)n3C)n(C)c2=O)cc1. The Hall–Kier alpha value is -4.01. The number of aromatic nitrogens is 5. The van der Waals surface area contributed by atoms with Crippen LogP contribution in [0.2, 0.25) is 0 Å². The van der Waals surface area contributed by atoms with E-state index in [4.69, 9.17) is 0 Å². The van der Waals surface area contributed by atoms with Gasteiger partial charge in [0.2, 0.25) is 5.95 Å². The monoisotopic (exact) mass is 403 g/mol. The molecule has 0 fully saturated rings. The Morgan fingerprint density at radius 2 is 1.83 bits per heavy atom. The lowest BCUT2D eigenvalue weighted by Gasteiger charge is -2.09. The second-order valence-electron chi connectivity index (χ2n) is 7.01. The molecule has 0 aliphatic rings. The van der Waals surface area contributed by atoms with Crippen molar-refractivity contribution in [2.75, 3.05) is 5.43 Å². The second kappa shape index (κ2) is 7.78. The number of hydrazone groups is 1. The van der Waals surface area contributed by atoms with Crippen LogP contribution in [0, 0.1) is 6.92 Å². The Bertz CT molecular complexity index is 1350. The zero-order chi connectivity index (χ0) is 21.3. The van der Waals surface area contributed by atoms with E-state index in [1.165, 1.54) is 9.13 Å². The first-order chi connectivity index (χ1) is 14.5. The van der Waals surface area contributed by atoms with Crippen LogP contribution < -0.4 is 16.7 Å². The van der Waals surface area contributed by atoms with E-state index in [1.807, 2.05) is 49.4 Å². The molecular formula is C21H21N7O2. The van der Waals surface area contributed by atoms with Crippen molar-refractivity contribution in [1.82, 2.24) is 23.7 Å². The summed E-state index contributed by atoms with van der Waals surface area (Å²) < 4.78 is 4.19. The molecule has 1 aromatic carbocycles. The van der Waals surface area contributed by atoms with Crippen LogP contribution in [0.25, 0.3) is 11.2 Å². The van der Waals surface area contributed by atoms with E-state index in [2.05, 4.69) is 20.5 Å². The number of aryl methyl sites for hydroxylation is 3. The van der Waals surface area contributed by atoms with E-state index < -0.39 is 11.2 Å². The van der Waals surface area contributed by atoms with Crippen molar-refractivity contribution in [3.05, 3.63) is 86.3 Å². The molecular weight excluding hydrogens is 382 g/mol. The van der Waals surface area contributed by atoms with Gasteiger partial charge in [-0.25, -0.2) is 10.2 Å². The van der Waals surface area contributed by atoms with Crippen LogP contribution in [0.3, 0.4) is 0 Å². The Kier molecular flexibility index (Phi) is 5.01. The number of nitrogens with zero attached hydrogens (tertiary/aromatic N) is 6. The van der Waals surface area contributed by atoms with Gasteiger partial charge in [0.15, 0.2) is 11.2 Å². The Morgan fingerprint density at radius 1 is 1.07 bits per heavy atom. The van der Waals surface area contributed by atoms with Gasteiger partial charge in [0.25, 0.3) is 5.56 Å². The summed E-state index contributed by atoms with van der Waals surface area (Å²) in [6.07, 6.45) is 3.22. The normalized spacial score (nSPS) is 11.4. The first-order valence-electron chi connectivity index (χ1n) is 9.37. The zero-order valence-electron chi connectivity index (χ0n) is 16.9. The smallest absolute Gasteiger partial charge is 0.306 e. The van der Waals surface area contributed by atoms with Crippen LogP contribution in [0.5, 0.6) is 0 Å². The maximum atomic E-state index is 13.1. The molecule has 0 saturated carbocycles. The highest BCUT2D eigenvalue weighted by atomic mass is 16.2. The van der Waals surface area contributed by atoms with Gasteiger partial charge in [-0.1, -0.05) is 35.9 Å². The van der Waals surface area contributed by atoms with Crippen LogP contribution in [0.4, 0.5) is 5.95 Å². The quantitative estimate of drug-likeness (QED) is 0.403. The third-order valence-corrected chi connectivity index (χ3v) is 4.87. The standard InChI is InChI=1S/C21H21N7O2/c1-14-7-9-15(10-8-14)13-28-19(29)17-18(27(3)21(28)30)24-20(26(17)2)25-23-12-16-6-4-5-11-22-16/h4-12H,13H2,1-3H3,(H,24,25). The minimum absolute atomic E-state index is 0.188. The molecule has 4 rings (SSSR count). The molecule has 3 heterocycles. The highest BCUT2D eigenvalue weighted by Gasteiger charge is 2.18. The van der Waals surface area contributed by atoms with Crippen molar-refractivity contribution in [2.24, 2.45) is 19.2 Å². The number of imidazole rings is 1. The van der Waals surface area contributed by atoms with Crippen molar-refractivity contribution >= 4 is 23.3 Å². The number of pyridine rings is 1. The predicted molar refractivity (Wildman–Crippen MR) is 116 cm³/mol. The fourth-order valence-corrected chi connectivity index (χ4v) is 3.17. The van der Waals surface area contributed by atoms with Gasteiger partial charge in [0.05, 0.1) is 18.5 Å². The number of rotatable bonds is 5. The summed E-state index contributed by atoms with van der Waals surface area (Å²) in [7, 11) is 3.31. The van der Waals surface area contributed by atoms with E-state index in [0.717, 1.165) is 11.1 Å². The Balaban J connectivity index is 1.73. The van der Waals surface area contributed by atoms with Gasteiger partial charge >= 0.3 is 5.69 Å². The highest BCUT2D eigenvalue weighted by Crippen LogP contribution is 2.13. The summed E-state index contributed by atoms with van der Waals surface area (Å²) >= 11 is 0. The third-order valence-electron chi connectivity index (χ3n) is 4.87. The molecule has 0 aliphatic carbocycles. The van der Waals surface area contributed by atoms with Gasteiger partial charge in [0.1, 0.15) is 0 Å². The lowest BCUT2D eigenvalue weighted by atomic mass is 10.1. The molecule has 3 aromatic heterocycles. The lowest BCUT2D eigenvalue weighted by Crippen LogP contribution is -2.39. The lowest BCUT2D eigenvalue weighted by molar-refractivity contribution is 0.655. The third kappa shape index (κ3) is 3.52.